The van der Waals surface area contributed by atoms with Crippen molar-refractivity contribution in [1.29, 1.82) is 0 Å². The molecule has 0 spiro atoms. The van der Waals surface area contributed by atoms with Gasteiger partial charge in [0.25, 0.3) is 0 Å². The number of nitrogens with two attached hydrogens (primary N) is 1. The monoisotopic (exact) mass is 206 g/mol. The van der Waals surface area contributed by atoms with E-state index in [9.17, 15) is 0 Å². The Morgan fingerprint density at radius 2 is 2.13 bits per heavy atom. The summed E-state index contributed by atoms with van der Waals surface area (Å²) in [6, 6.07) is 5.92. The van der Waals surface area contributed by atoms with Crippen LogP contribution in [0.15, 0.2) is 23.4 Å². The summed E-state index contributed by atoms with van der Waals surface area (Å²) in [7, 11) is 0. The van der Waals surface area contributed by atoms with E-state index >= 15 is 0 Å². The SMILES string of the molecule is CCc1cccc(N)c1CON=C(C)C. The lowest BCUT2D eigenvalue weighted by Crippen LogP contribution is -2.00. The van der Waals surface area contributed by atoms with Crippen molar-refractivity contribution in [2.45, 2.75) is 33.8 Å². The van der Waals surface area contributed by atoms with Gasteiger partial charge in [-0.15, -0.1) is 0 Å². The smallest absolute Gasteiger partial charge is 0.144 e. The molecule has 1 aromatic carbocycles. The molecule has 0 radical (unpaired) electrons. The van der Waals surface area contributed by atoms with E-state index in [-0.39, 0.29) is 0 Å². The van der Waals surface area contributed by atoms with Crippen LogP contribution in [-0.2, 0) is 17.9 Å². The average molecular weight is 206 g/mol. The number of aryl methyl sites for hydroxylation is 1. The van der Waals surface area contributed by atoms with Gasteiger partial charge in [0.05, 0.1) is 5.71 Å². The Kier molecular flexibility index (Phi) is 4.16. The predicted octanol–water partition coefficient (Wildman–Crippen LogP) is 2.74. The maximum atomic E-state index is 5.89. The van der Waals surface area contributed by atoms with Crippen LogP contribution in [-0.4, -0.2) is 5.71 Å². The van der Waals surface area contributed by atoms with Gasteiger partial charge in [0.1, 0.15) is 6.61 Å². The van der Waals surface area contributed by atoms with Gasteiger partial charge in [-0.25, -0.2) is 0 Å². The molecule has 3 heteroatoms. The third kappa shape index (κ3) is 3.27. The first-order valence-electron chi connectivity index (χ1n) is 5.14. The molecule has 1 rings (SSSR count). The molecular weight excluding hydrogens is 188 g/mol. The molecule has 0 atom stereocenters. The molecule has 0 heterocycles. The summed E-state index contributed by atoms with van der Waals surface area (Å²) in [6.45, 7) is 6.35. The summed E-state index contributed by atoms with van der Waals surface area (Å²) in [5, 5.41) is 3.90. The van der Waals surface area contributed by atoms with Crippen LogP contribution in [0.1, 0.15) is 31.9 Å². The minimum Gasteiger partial charge on any atom is -0.398 e. The van der Waals surface area contributed by atoms with E-state index < -0.39 is 0 Å². The number of nitrogen functional groups attached to an aromatic ring is 1. The van der Waals surface area contributed by atoms with E-state index in [1.54, 1.807) is 0 Å². The summed E-state index contributed by atoms with van der Waals surface area (Å²) in [5.41, 5.74) is 9.83. The Morgan fingerprint density at radius 3 is 2.73 bits per heavy atom. The maximum Gasteiger partial charge on any atom is 0.144 e. The van der Waals surface area contributed by atoms with E-state index in [1.165, 1.54) is 5.56 Å². The zero-order chi connectivity index (χ0) is 11.3. The van der Waals surface area contributed by atoms with Crippen LogP contribution in [0.5, 0.6) is 0 Å². The summed E-state index contributed by atoms with van der Waals surface area (Å²) >= 11 is 0. The molecule has 0 aliphatic carbocycles. The highest BCUT2D eigenvalue weighted by molar-refractivity contribution is 5.78. The lowest BCUT2D eigenvalue weighted by atomic mass is 10.0. The zero-order valence-corrected chi connectivity index (χ0v) is 9.58. The van der Waals surface area contributed by atoms with E-state index in [2.05, 4.69) is 18.1 Å². The highest BCUT2D eigenvalue weighted by atomic mass is 16.6. The Labute approximate surface area is 90.9 Å². The normalized spacial score (nSPS) is 9.80. The van der Waals surface area contributed by atoms with Crippen LogP contribution >= 0.6 is 0 Å². The number of benzene rings is 1. The largest absolute Gasteiger partial charge is 0.398 e. The summed E-state index contributed by atoms with van der Waals surface area (Å²) in [6.07, 6.45) is 0.957. The molecule has 0 saturated carbocycles. The van der Waals surface area contributed by atoms with Crippen molar-refractivity contribution >= 4 is 11.4 Å². The van der Waals surface area contributed by atoms with Crippen LogP contribution in [0.2, 0.25) is 0 Å². The zero-order valence-electron chi connectivity index (χ0n) is 9.58. The molecule has 0 amide bonds. The van der Waals surface area contributed by atoms with Crippen LogP contribution in [0, 0.1) is 0 Å². The van der Waals surface area contributed by atoms with E-state index in [0.717, 1.165) is 23.4 Å². The number of hydrogen-bond acceptors (Lipinski definition) is 3. The van der Waals surface area contributed by atoms with E-state index in [4.69, 9.17) is 10.6 Å². The second-order valence-electron chi connectivity index (χ2n) is 3.65. The minimum atomic E-state index is 0.445. The first-order chi connectivity index (χ1) is 7.15. The summed E-state index contributed by atoms with van der Waals surface area (Å²) in [4.78, 5) is 5.21. The molecule has 0 aliphatic rings. The van der Waals surface area contributed by atoms with Crippen molar-refractivity contribution in [2.75, 3.05) is 5.73 Å². The fourth-order valence-corrected chi connectivity index (χ4v) is 1.39. The molecule has 1 aromatic rings. The van der Waals surface area contributed by atoms with Gasteiger partial charge in [-0.05, 0) is 31.9 Å². The van der Waals surface area contributed by atoms with Crippen molar-refractivity contribution in [3.05, 3.63) is 29.3 Å². The van der Waals surface area contributed by atoms with Gasteiger partial charge in [0.15, 0.2) is 0 Å². The van der Waals surface area contributed by atoms with Gasteiger partial charge in [-0.3, -0.25) is 0 Å². The molecule has 0 saturated heterocycles. The molecular formula is C12H18N2O. The van der Waals surface area contributed by atoms with E-state index in [0.29, 0.717) is 6.61 Å². The van der Waals surface area contributed by atoms with Gasteiger partial charge in [-0.2, -0.15) is 0 Å². The molecule has 82 valence electrons. The fraction of sp³-hybridized carbons (Fsp3) is 0.417. The van der Waals surface area contributed by atoms with Crippen molar-refractivity contribution in [1.82, 2.24) is 0 Å². The predicted molar refractivity (Wildman–Crippen MR) is 63.8 cm³/mol. The van der Waals surface area contributed by atoms with Gasteiger partial charge in [0.2, 0.25) is 0 Å². The third-order valence-electron chi connectivity index (χ3n) is 2.15. The van der Waals surface area contributed by atoms with Crippen molar-refractivity contribution in [2.24, 2.45) is 5.16 Å². The van der Waals surface area contributed by atoms with Gasteiger partial charge < -0.3 is 10.6 Å². The first kappa shape index (κ1) is 11.6. The van der Waals surface area contributed by atoms with Gasteiger partial charge in [-0.1, -0.05) is 24.2 Å². The lowest BCUT2D eigenvalue weighted by molar-refractivity contribution is 0.130. The van der Waals surface area contributed by atoms with Crippen LogP contribution < -0.4 is 5.73 Å². The molecule has 2 N–H and O–H groups in total. The van der Waals surface area contributed by atoms with E-state index in [1.807, 2.05) is 26.0 Å². The second-order valence-corrected chi connectivity index (χ2v) is 3.65. The topological polar surface area (TPSA) is 47.6 Å². The van der Waals surface area contributed by atoms with Crippen LogP contribution in [0.3, 0.4) is 0 Å². The van der Waals surface area contributed by atoms with Crippen molar-refractivity contribution < 1.29 is 4.84 Å². The first-order valence-corrected chi connectivity index (χ1v) is 5.14. The summed E-state index contributed by atoms with van der Waals surface area (Å²) in [5.74, 6) is 0. The molecule has 3 nitrogen and oxygen atoms in total. The molecule has 0 aliphatic heterocycles. The molecule has 0 fully saturated rings. The molecule has 0 bridgehead atoms. The number of anilines is 1. The highest BCUT2D eigenvalue weighted by Gasteiger charge is 2.04. The quantitative estimate of drug-likeness (QED) is 0.468. The number of rotatable bonds is 4. The highest BCUT2D eigenvalue weighted by Crippen LogP contribution is 2.18. The molecule has 0 unspecified atom stereocenters. The Balaban J connectivity index is 2.79. The average Bonchev–Trinajstić information content (AvgIpc) is 2.20. The third-order valence-corrected chi connectivity index (χ3v) is 2.15. The number of hydrogen-bond donors (Lipinski definition) is 1. The standard InChI is InChI=1S/C12H18N2O/c1-4-10-6-5-7-12(13)11(10)8-15-14-9(2)3/h5-7H,4,8,13H2,1-3H3. The summed E-state index contributed by atoms with van der Waals surface area (Å²) < 4.78 is 0. The Bertz CT molecular complexity index is 355. The molecule has 0 aromatic heterocycles. The van der Waals surface area contributed by atoms with Crippen molar-refractivity contribution in [3.8, 4) is 0 Å². The minimum absolute atomic E-state index is 0.445. The van der Waals surface area contributed by atoms with Crippen LogP contribution in [0.4, 0.5) is 5.69 Å². The van der Waals surface area contributed by atoms with Crippen molar-refractivity contribution in [3.63, 3.8) is 0 Å². The molecule has 15 heavy (non-hydrogen) atoms. The number of oxime groups is 1. The van der Waals surface area contributed by atoms with Gasteiger partial charge in [0, 0.05) is 11.3 Å². The Morgan fingerprint density at radius 1 is 1.40 bits per heavy atom. The fourth-order valence-electron chi connectivity index (χ4n) is 1.39. The van der Waals surface area contributed by atoms with Crippen LogP contribution in [0.25, 0.3) is 0 Å². The maximum absolute atomic E-state index is 5.89. The second kappa shape index (κ2) is 5.39. The number of nitrogens with zero attached hydrogens (tertiary/aromatic N) is 1. The lowest BCUT2D eigenvalue weighted by Gasteiger charge is -2.09. The Hall–Kier alpha value is -1.51. The van der Waals surface area contributed by atoms with Gasteiger partial charge >= 0.3 is 0 Å².